The third kappa shape index (κ3) is 3.42. The lowest BCUT2D eigenvalue weighted by Gasteiger charge is -2.07. The minimum Gasteiger partial charge on any atom is -0.369 e. The fourth-order valence-electron chi connectivity index (χ4n) is 1.97. The van der Waals surface area contributed by atoms with Crippen molar-refractivity contribution in [2.24, 2.45) is 0 Å². The van der Waals surface area contributed by atoms with Crippen LogP contribution in [-0.4, -0.2) is 26.1 Å². The summed E-state index contributed by atoms with van der Waals surface area (Å²) in [6, 6.07) is 11.4. The van der Waals surface area contributed by atoms with E-state index in [-0.39, 0.29) is 5.95 Å². The van der Waals surface area contributed by atoms with E-state index in [1.165, 1.54) is 18.0 Å². The molecule has 0 bridgehead atoms. The molecule has 21 heavy (non-hydrogen) atoms. The maximum Gasteiger partial charge on any atom is 0.239 e. The highest BCUT2D eigenvalue weighted by molar-refractivity contribution is 5.36. The molecule has 1 N–H and O–H groups in total. The van der Waals surface area contributed by atoms with Gasteiger partial charge in [0.1, 0.15) is 12.1 Å². The Balaban J connectivity index is 1.68. The van der Waals surface area contributed by atoms with Gasteiger partial charge in [-0.1, -0.05) is 30.3 Å². The number of halogens is 1. The van der Waals surface area contributed by atoms with Gasteiger partial charge in [-0.2, -0.15) is 14.4 Å². The molecule has 0 unspecified atom stereocenters. The molecule has 0 fully saturated rings. The van der Waals surface area contributed by atoms with Gasteiger partial charge in [-0.15, -0.1) is 0 Å². The summed E-state index contributed by atoms with van der Waals surface area (Å²) < 4.78 is 15.1. The molecule has 2 heterocycles. The van der Waals surface area contributed by atoms with Gasteiger partial charge >= 0.3 is 0 Å². The van der Waals surface area contributed by atoms with Crippen molar-refractivity contribution in [2.75, 3.05) is 11.9 Å². The molecular weight excluding hydrogens is 269 g/mol. The maximum absolute atomic E-state index is 13.5. The standard InChI is InChI=1S/C15H14FN5/c16-13-10-14(18-7-6-12-4-2-1-3-5-12)20-15(19-13)21-9-8-17-11-21/h1-5,8-11H,6-7H2,(H,18,19,20). The fourth-order valence-corrected chi connectivity index (χ4v) is 1.97. The molecule has 5 nitrogen and oxygen atoms in total. The molecule has 0 aliphatic rings. The molecule has 0 atom stereocenters. The van der Waals surface area contributed by atoms with Gasteiger partial charge in [0.05, 0.1) is 0 Å². The van der Waals surface area contributed by atoms with Crippen molar-refractivity contribution in [3.63, 3.8) is 0 Å². The molecule has 106 valence electrons. The van der Waals surface area contributed by atoms with Gasteiger partial charge in [0, 0.05) is 25.0 Å². The van der Waals surface area contributed by atoms with E-state index in [2.05, 4.69) is 32.4 Å². The Kier molecular flexibility index (Phi) is 3.86. The largest absolute Gasteiger partial charge is 0.369 e. The Morgan fingerprint density at radius 2 is 2.00 bits per heavy atom. The van der Waals surface area contributed by atoms with Crippen molar-refractivity contribution in [1.29, 1.82) is 0 Å². The van der Waals surface area contributed by atoms with Gasteiger partial charge in [0.2, 0.25) is 11.9 Å². The summed E-state index contributed by atoms with van der Waals surface area (Å²) in [6.45, 7) is 0.670. The number of nitrogens with one attached hydrogen (secondary N) is 1. The molecule has 0 aliphatic heterocycles. The Bertz CT molecular complexity index is 697. The highest BCUT2D eigenvalue weighted by Crippen LogP contribution is 2.09. The van der Waals surface area contributed by atoms with Crippen molar-refractivity contribution in [2.45, 2.75) is 6.42 Å². The lowest BCUT2D eigenvalue weighted by Crippen LogP contribution is -2.09. The van der Waals surface area contributed by atoms with E-state index in [0.29, 0.717) is 12.4 Å². The lowest BCUT2D eigenvalue weighted by molar-refractivity contribution is 0.575. The quantitative estimate of drug-likeness (QED) is 0.731. The van der Waals surface area contributed by atoms with E-state index in [1.807, 2.05) is 18.2 Å². The summed E-state index contributed by atoms with van der Waals surface area (Å²) in [5.74, 6) is 0.146. The third-order valence-corrected chi connectivity index (χ3v) is 2.98. The van der Waals surface area contributed by atoms with E-state index in [4.69, 9.17) is 0 Å². The molecular formula is C15H14FN5. The molecule has 6 heteroatoms. The second-order valence-corrected chi connectivity index (χ2v) is 4.51. The Labute approximate surface area is 121 Å². The first-order chi connectivity index (χ1) is 10.3. The van der Waals surface area contributed by atoms with Crippen LogP contribution in [0, 0.1) is 5.95 Å². The molecule has 2 aromatic heterocycles. The topological polar surface area (TPSA) is 55.6 Å². The van der Waals surface area contributed by atoms with E-state index in [0.717, 1.165) is 6.42 Å². The van der Waals surface area contributed by atoms with Gasteiger partial charge in [-0.25, -0.2) is 4.98 Å². The van der Waals surface area contributed by atoms with Crippen LogP contribution in [0.3, 0.4) is 0 Å². The zero-order chi connectivity index (χ0) is 14.5. The molecule has 0 aliphatic carbocycles. The second kappa shape index (κ2) is 6.13. The maximum atomic E-state index is 13.5. The number of rotatable bonds is 5. The van der Waals surface area contributed by atoms with Crippen LogP contribution >= 0.6 is 0 Å². The summed E-state index contributed by atoms with van der Waals surface area (Å²) in [5, 5.41) is 3.11. The van der Waals surface area contributed by atoms with Gasteiger partial charge in [0.25, 0.3) is 0 Å². The van der Waals surface area contributed by atoms with Gasteiger partial charge in [-0.3, -0.25) is 4.57 Å². The number of imidazole rings is 1. The minimum absolute atomic E-state index is 0.259. The predicted octanol–water partition coefficient (Wildman–Crippen LogP) is 2.46. The Hall–Kier alpha value is -2.76. The number of anilines is 1. The first-order valence-corrected chi connectivity index (χ1v) is 6.62. The van der Waals surface area contributed by atoms with E-state index in [9.17, 15) is 4.39 Å². The van der Waals surface area contributed by atoms with Crippen molar-refractivity contribution >= 4 is 5.82 Å². The molecule has 3 rings (SSSR count). The van der Waals surface area contributed by atoms with Gasteiger partial charge in [0.15, 0.2) is 0 Å². The summed E-state index contributed by atoms with van der Waals surface area (Å²) in [6.07, 6.45) is 5.63. The van der Waals surface area contributed by atoms with Crippen molar-refractivity contribution in [1.82, 2.24) is 19.5 Å². The van der Waals surface area contributed by atoms with Crippen molar-refractivity contribution in [3.8, 4) is 5.95 Å². The summed E-state index contributed by atoms with van der Waals surface area (Å²) in [7, 11) is 0. The zero-order valence-corrected chi connectivity index (χ0v) is 11.3. The molecule has 3 aromatic rings. The van der Waals surface area contributed by atoms with E-state index in [1.54, 1.807) is 17.0 Å². The van der Waals surface area contributed by atoms with Crippen molar-refractivity contribution < 1.29 is 4.39 Å². The van der Waals surface area contributed by atoms with Crippen LogP contribution in [0.25, 0.3) is 5.95 Å². The van der Waals surface area contributed by atoms with Gasteiger partial charge < -0.3 is 5.32 Å². The smallest absolute Gasteiger partial charge is 0.239 e. The van der Waals surface area contributed by atoms with Crippen LogP contribution in [0.1, 0.15) is 5.56 Å². The predicted molar refractivity (Wildman–Crippen MR) is 77.7 cm³/mol. The number of nitrogens with zero attached hydrogens (tertiary/aromatic N) is 4. The Morgan fingerprint density at radius 1 is 1.14 bits per heavy atom. The van der Waals surface area contributed by atoms with Gasteiger partial charge in [-0.05, 0) is 12.0 Å². The normalized spacial score (nSPS) is 10.5. The highest BCUT2D eigenvalue weighted by atomic mass is 19.1. The lowest BCUT2D eigenvalue weighted by atomic mass is 10.1. The van der Waals surface area contributed by atoms with Crippen LogP contribution in [0.5, 0.6) is 0 Å². The van der Waals surface area contributed by atoms with Crippen LogP contribution in [0.15, 0.2) is 55.1 Å². The zero-order valence-electron chi connectivity index (χ0n) is 11.3. The number of benzene rings is 1. The number of aromatic nitrogens is 4. The summed E-state index contributed by atoms with van der Waals surface area (Å²) in [5.41, 5.74) is 1.22. The average molecular weight is 283 g/mol. The fraction of sp³-hybridized carbons (Fsp3) is 0.133. The highest BCUT2D eigenvalue weighted by Gasteiger charge is 2.05. The molecule has 0 spiro atoms. The first kappa shape index (κ1) is 13.2. The molecule has 0 amide bonds. The van der Waals surface area contributed by atoms with Crippen LogP contribution in [0.2, 0.25) is 0 Å². The van der Waals surface area contributed by atoms with E-state index >= 15 is 0 Å². The van der Waals surface area contributed by atoms with Crippen LogP contribution in [0.4, 0.5) is 10.2 Å². The second-order valence-electron chi connectivity index (χ2n) is 4.51. The number of hydrogen-bond acceptors (Lipinski definition) is 4. The van der Waals surface area contributed by atoms with Crippen molar-refractivity contribution in [3.05, 3.63) is 66.6 Å². The summed E-state index contributed by atoms with van der Waals surface area (Å²) >= 11 is 0. The SMILES string of the molecule is Fc1cc(NCCc2ccccc2)nc(-n2ccnc2)n1. The molecule has 0 radical (unpaired) electrons. The van der Waals surface area contributed by atoms with Crippen LogP contribution < -0.4 is 5.32 Å². The van der Waals surface area contributed by atoms with Crippen LogP contribution in [-0.2, 0) is 6.42 Å². The molecule has 1 aromatic carbocycles. The van der Waals surface area contributed by atoms with E-state index < -0.39 is 5.95 Å². The molecule has 0 saturated carbocycles. The third-order valence-electron chi connectivity index (χ3n) is 2.98. The first-order valence-electron chi connectivity index (χ1n) is 6.62. The molecule has 0 saturated heterocycles. The number of hydrogen-bond donors (Lipinski definition) is 1. The Morgan fingerprint density at radius 3 is 2.76 bits per heavy atom. The summed E-state index contributed by atoms with van der Waals surface area (Å²) in [4.78, 5) is 11.9. The monoisotopic (exact) mass is 283 g/mol. The minimum atomic E-state index is -0.573. The average Bonchev–Trinajstić information content (AvgIpc) is 3.02.